The quantitative estimate of drug-likeness (QED) is 0.776. The molecular formula is C13H13ClO3. The van der Waals surface area contributed by atoms with Gasteiger partial charge in [0.2, 0.25) is 0 Å². The zero-order valence-electron chi connectivity index (χ0n) is 9.75. The second-order valence-corrected chi connectivity index (χ2v) is 4.20. The highest BCUT2D eigenvalue weighted by molar-refractivity contribution is 6.50. The monoisotopic (exact) mass is 252 g/mol. The topological polar surface area (TPSA) is 35.5 Å². The molecule has 0 saturated carbocycles. The molecule has 0 heterocycles. The Balaban J connectivity index is 2.59. The second-order valence-electron chi connectivity index (χ2n) is 3.82. The smallest absolute Gasteiger partial charge is 0.161 e. The van der Waals surface area contributed by atoms with Crippen LogP contribution in [0.2, 0.25) is 0 Å². The predicted molar refractivity (Wildman–Crippen MR) is 66.7 cm³/mol. The SMILES string of the molecule is COc1cc2c(cc1OC)C(Cl)=C(C=O)CC2. The van der Waals surface area contributed by atoms with E-state index in [2.05, 4.69) is 0 Å². The van der Waals surface area contributed by atoms with Crippen molar-refractivity contribution in [3.8, 4) is 11.5 Å². The molecule has 0 amide bonds. The fourth-order valence-electron chi connectivity index (χ4n) is 1.99. The van der Waals surface area contributed by atoms with Gasteiger partial charge in [0.1, 0.15) is 6.29 Å². The highest BCUT2D eigenvalue weighted by Gasteiger charge is 2.20. The van der Waals surface area contributed by atoms with Crippen LogP contribution in [-0.2, 0) is 11.2 Å². The largest absolute Gasteiger partial charge is 0.493 e. The van der Waals surface area contributed by atoms with Gasteiger partial charge in [-0.15, -0.1) is 0 Å². The van der Waals surface area contributed by atoms with Crippen LogP contribution in [0.1, 0.15) is 17.5 Å². The van der Waals surface area contributed by atoms with Crippen molar-refractivity contribution < 1.29 is 14.3 Å². The Bertz CT molecular complexity index is 492. The Morgan fingerprint density at radius 3 is 2.41 bits per heavy atom. The van der Waals surface area contributed by atoms with Gasteiger partial charge in [-0.25, -0.2) is 0 Å². The number of rotatable bonds is 3. The van der Waals surface area contributed by atoms with Gasteiger partial charge in [-0.3, -0.25) is 4.79 Å². The van der Waals surface area contributed by atoms with Crippen molar-refractivity contribution in [2.75, 3.05) is 14.2 Å². The first-order valence-corrected chi connectivity index (χ1v) is 5.68. The summed E-state index contributed by atoms with van der Waals surface area (Å²) in [6.07, 6.45) is 2.28. The van der Waals surface area contributed by atoms with E-state index in [9.17, 15) is 4.79 Å². The van der Waals surface area contributed by atoms with Gasteiger partial charge in [0.25, 0.3) is 0 Å². The third kappa shape index (κ3) is 2.03. The van der Waals surface area contributed by atoms with Gasteiger partial charge >= 0.3 is 0 Å². The molecular weight excluding hydrogens is 240 g/mol. The molecule has 2 rings (SSSR count). The molecule has 0 fully saturated rings. The number of allylic oxidation sites excluding steroid dienone is 1. The standard InChI is InChI=1S/C13H13ClO3/c1-16-11-5-8-3-4-9(7-15)13(14)10(8)6-12(11)17-2/h5-7H,3-4H2,1-2H3. The molecule has 1 aromatic rings. The minimum Gasteiger partial charge on any atom is -0.493 e. The van der Waals surface area contributed by atoms with Crippen molar-refractivity contribution in [3.05, 3.63) is 28.8 Å². The molecule has 1 aliphatic carbocycles. The fraction of sp³-hybridized carbons (Fsp3) is 0.308. The molecule has 1 aliphatic rings. The number of carbonyl (C=O) groups excluding carboxylic acids is 1. The lowest BCUT2D eigenvalue weighted by Gasteiger charge is -2.19. The molecule has 90 valence electrons. The number of aldehydes is 1. The fourth-order valence-corrected chi connectivity index (χ4v) is 2.31. The minimum atomic E-state index is 0.516. The van der Waals surface area contributed by atoms with E-state index in [1.165, 1.54) is 0 Å². The van der Waals surface area contributed by atoms with E-state index >= 15 is 0 Å². The zero-order valence-corrected chi connectivity index (χ0v) is 10.5. The highest BCUT2D eigenvalue weighted by Crippen LogP contribution is 2.39. The Kier molecular flexibility index (Phi) is 3.38. The maximum atomic E-state index is 10.9. The molecule has 0 atom stereocenters. The Morgan fingerprint density at radius 1 is 1.18 bits per heavy atom. The first-order valence-electron chi connectivity index (χ1n) is 5.30. The maximum Gasteiger partial charge on any atom is 0.161 e. The van der Waals surface area contributed by atoms with E-state index in [-0.39, 0.29) is 0 Å². The molecule has 0 bridgehead atoms. The first kappa shape index (κ1) is 12.0. The van der Waals surface area contributed by atoms with E-state index in [1.807, 2.05) is 12.1 Å². The van der Waals surface area contributed by atoms with Gasteiger partial charge in [0.05, 0.1) is 19.3 Å². The van der Waals surface area contributed by atoms with E-state index in [4.69, 9.17) is 21.1 Å². The normalized spacial score (nSPS) is 14.3. The molecule has 0 spiro atoms. The lowest BCUT2D eigenvalue weighted by atomic mass is 9.92. The highest BCUT2D eigenvalue weighted by atomic mass is 35.5. The number of halogens is 1. The van der Waals surface area contributed by atoms with Crippen LogP contribution >= 0.6 is 11.6 Å². The van der Waals surface area contributed by atoms with Crippen molar-refractivity contribution in [1.82, 2.24) is 0 Å². The Morgan fingerprint density at radius 2 is 1.82 bits per heavy atom. The van der Waals surface area contributed by atoms with Crippen molar-refractivity contribution in [2.24, 2.45) is 0 Å². The minimum absolute atomic E-state index is 0.516. The van der Waals surface area contributed by atoms with Crippen molar-refractivity contribution in [3.63, 3.8) is 0 Å². The summed E-state index contributed by atoms with van der Waals surface area (Å²) >= 11 is 6.19. The van der Waals surface area contributed by atoms with E-state index in [1.54, 1.807) is 14.2 Å². The molecule has 3 nitrogen and oxygen atoms in total. The summed E-state index contributed by atoms with van der Waals surface area (Å²) in [5.41, 5.74) is 2.59. The van der Waals surface area contributed by atoms with Crippen LogP contribution in [0, 0.1) is 0 Å². The van der Waals surface area contributed by atoms with E-state index < -0.39 is 0 Å². The van der Waals surface area contributed by atoms with Crippen LogP contribution in [0.4, 0.5) is 0 Å². The molecule has 0 unspecified atom stereocenters. The van der Waals surface area contributed by atoms with Crippen LogP contribution in [0.25, 0.3) is 5.03 Å². The molecule has 0 saturated heterocycles. The third-order valence-corrected chi connectivity index (χ3v) is 3.38. The number of fused-ring (bicyclic) bond motifs is 1. The summed E-state index contributed by atoms with van der Waals surface area (Å²) in [7, 11) is 3.17. The zero-order chi connectivity index (χ0) is 12.4. The van der Waals surface area contributed by atoms with Crippen molar-refractivity contribution in [2.45, 2.75) is 12.8 Å². The number of carbonyl (C=O) groups is 1. The Hall–Kier alpha value is -1.48. The average molecular weight is 253 g/mol. The van der Waals surface area contributed by atoms with Crippen LogP contribution in [-0.4, -0.2) is 20.5 Å². The third-order valence-electron chi connectivity index (χ3n) is 2.93. The summed E-state index contributed by atoms with van der Waals surface area (Å²) in [6, 6.07) is 3.73. The summed E-state index contributed by atoms with van der Waals surface area (Å²) in [4.78, 5) is 10.9. The van der Waals surface area contributed by atoms with Gasteiger partial charge in [0.15, 0.2) is 11.5 Å². The molecule has 0 N–H and O–H groups in total. The van der Waals surface area contributed by atoms with Crippen molar-refractivity contribution in [1.29, 1.82) is 0 Å². The maximum absolute atomic E-state index is 10.9. The summed E-state index contributed by atoms with van der Waals surface area (Å²) in [6.45, 7) is 0. The van der Waals surface area contributed by atoms with Gasteiger partial charge in [0, 0.05) is 11.1 Å². The number of hydrogen-bond acceptors (Lipinski definition) is 3. The van der Waals surface area contributed by atoms with Gasteiger partial charge < -0.3 is 9.47 Å². The predicted octanol–water partition coefficient (Wildman–Crippen LogP) is 2.80. The molecule has 17 heavy (non-hydrogen) atoms. The molecule has 4 heteroatoms. The van der Waals surface area contributed by atoms with Gasteiger partial charge in [-0.05, 0) is 30.5 Å². The number of hydrogen-bond donors (Lipinski definition) is 0. The number of benzene rings is 1. The average Bonchev–Trinajstić information content (AvgIpc) is 2.38. The van der Waals surface area contributed by atoms with Crippen LogP contribution in [0.3, 0.4) is 0 Å². The number of ether oxygens (including phenoxy) is 2. The molecule has 1 aromatic carbocycles. The Labute approximate surface area is 105 Å². The molecule has 0 aromatic heterocycles. The summed E-state index contributed by atoms with van der Waals surface area (Å²) in [5.74, 6) is 1.31. The van der Waals surface area contributed by atoms with Crippen LogP contribution in [0.15, 0.2) is 17.7 Å². The van der Waals surface area contributed by atoms with Crippen molar-refractivity contribution >= 4 is 22.9 Å². The van der Waals surface area contributed by atoms with Crippen LogP contribution in [0.5, 0.6) is 11.5 Å². The lowest BCUT2D eigenvalue weighted by molar-refractivity contribution is -0.105. The lowest BCUT2D eigenvalue weighted by Crippen LogP contribution is -2.05. The first-order chi connectivity index (χ1) is 8.21. The van der Waals surface area contributed by atoms with E-state index in [0.717, 1.165) is 23.8 Å². The van der Waals surface area contributed by atoms with Gasteiger partial charge in [-0.1, -0.05) is 11.6 Å². The van der Waals surface area contributed by atoms with E-state index in [0.29, 0.717) is 28.5 Å². The van der Waals surface area contributed by atoms with Gasteiger partial charge in [-0.2, -0.15) is 0 Å². The molecule has 0 aliphatic heterocycles. The van der Waals surface area contributed by atoms with Crippen LogP contribution < -0.4 is 9.47 Å². The number of aryl methyl sites for hydroxylation is 1. The number of methoxy groups -OCH3 is 2. The second kappa shape index (κ2) is 4.80. The molecule has 0 radical (unpaired) electrons. The summed E-state index contributed by atoms with van der Waals surface area (Å²) < 4.78 is 10.5. The summed E-state index contributed by atoms with van der Waals surface area (Å²) in [5, 5.41) is 0.516.